The van der Waals surface area contributed by atoms with Gasteiger partial charge in [-0.2, -0.15) is 0 Å². The average molecular weight is 353 g/mol. The number of nitro groups is 1. The summed E-state index contributed by atoms with van der Waals surface area (Å²) in [6.45, 7) is 1.87. The predicted molar refractivity (Wildman–Crippen MR) is 64.5 cm³/mol. The molecule has 0 N–H and O–H groups in total. The number of esters is 1. The van der Waals surface area contributed by atoms with Gasteiger partial charge in [0.15, 0.2) is 0 Å². The van der Waals surface area contributed by atoms with Crippen molar-refractivity contribution in [3.63, 3.8) is 0 Å². The molecule has 16 heavy (non-hydrogen) atoms. The second-order valence-corrected chi connectivity index (χ2v) is 4.38. The van der Waals surface area contributed by atoms with E-state index in [1.54, 1.807) is 6.92 Å². The van der Waals surface area contributed by atoms with Crippen molar-refractivity contribution in [2.45, 2.75) is 6.92 Å². The Morgan fingerprint density at radius 1 is 1.50 bits per heavy atom. The van der Waals surface area contributed by atoms with E-state index in [9.17, 15) is 14.9 Å². The van der Waals surface area contributed by atoms with Crippen LogP contribution in [0.5, 0.6) is 0 Å². The molecule has 0 heterocycles. The molecule has 0 bridgehead atoms. The quantitative estimate of drug-likeness (QED) is 0.475. The van der Waals surface area contributed by atoms with Gasteiger partial charge in [0.2, 0.25) is 0 Å². The lowest BCUT2D eigenvalue weighted by Crippen LogP contribution is -2.07. The highest BCUT2D eigenvalue weighted by molar-refractivity contribution is 9.11. The molecule has 0 atom stereocenters. The van der Waals surface area contributed by atoms with E-state index in [-0.39, 0.29) is 22.3 Å². The van der Waals surface area contributed by atoms with Crippen LogP contribution in [-0.2, 0) is 4.74 Å². The third-order valence-corrected chi connectivity index (χ3v) is 3.21. The Bertz CT molecular complexity index is 447. The molecule has 0 saturated carbocycles. The number of ether oxygens (including phenoxy) is 1. The van der Waals surface area contributed by atoms with Crippen molar-refractivity contribution in [1.29, 1.82) is 0 Å². The molecule has 0 aliphatic rings. The first-order chi connectivity index (χ1) is 7.49. The third kappa shape index (κ3) is 2.59. The van der Waals surface area contributed by atoms with Crippen LogP contribution in [0.15, 0.2) is 21.1 Å². The summed E-state index contributed by atoms with van der Waals surface area (Å²) in [5.41, 5.74) is -0.0534. The van der Waals surface area contributed by atoms with Gasteiger partial charge in [0.25, 0.3) is 5.69 Å². The maximum absolute atomic E-state index is 11.6. The number of benzene rings is 1. The largest absolute Gasteiger partial charge is 0.462 e. The zero-order valence-electron chi connectivity index (χ0n) is 8.20. The van der Waals surface area contributed by atoms with E-state index in [0.717, 1.165) is 0 Å². The topological polar surface area (TPSA) is 69.4 Å². The van der Waals surface area contributed by atoms with Crippen LogP contribution in [0.3, 0.4) is 0 Å². The normalized spacial score (nSPS) is 9.94. The Labute approximate surface area is 108 Å². The molecule has 0 saturated heterocycles. The highest BCUT2D eigenvalue weighted by atomic mass is 79.9. The van der Waals surface area contributed by atoms with Crippen LogP contribution in [0.4, 0.5) is 5.69 Å². The Balaban J connectivity index is 3.31. The highest BCUT2D eigenvalue weighted by Gasteiger charge is 2.23. The second-order valence-electron chi connectivity index (χ2n) is 2.73. The van der Waals surface area contributed by atoms with Crippen LogP contribution in [0.1, 0.15) is 17.3 Å². The Morgan fingerprint density at radius 2 is 2.12 bits per heavy atom. The van der Waals surface area contributed by atoms with Gasteiger partial charge in [0, 0.05) is 10.5 Å². The molecule has 1 aromatic rings. The minimum atomic E-state index is -0.607. The third-order valence-electron chi connectivity index (χ3n) is 1.75. The maximum Gasteiger partial charge on any atom is 0.340 e. The summed E-state index contributed by atoms with van der Waals surface area (Å²) in [6.07, 6.45) is 0. The number of nitrogens with zero attached hydrogens (tertiary/aromatic N) is 1. The van der Waals surface area contributed by atoms with Gasteiger partial charge in [0.1, 0.15) is 4.47 Å². The lowest BCUT2D eigenvalue weighted by Gasteiger charge is -2.06. The lowest BCUT2D eigenvalue weighted by atomic mass is 10.2. The standard InChI is InChI=1S/C9H7Br2NO4/c1-2-16-9(13)7-5(10)3-4-6(8(7)11)12(14)15/h3-4H,2H2,1H3. The molecular formula is C9H7Br2NO4. The van der Waals surface area contributed by atoms with Gasteiger partial charge in [0.05, 0.1) is 17.1 Å². The maximum atomic E-state index is 11.6. The van der Waals surface area contributed by atoms with Crippen molar-refractivity contribution in [1.82, 2.24) is 0 Å². The molecule has 1 aromatic carbocycles. The van der Waals surface area contributed by atoms with Gasteiger partial charge in [-0.1, -0.05) is 0 Å². The van der Waals surface area contributed by atoms with Crippen molar-refractivity contribution >= 4 is 43.5 Å². The van der Waals surface area contributed by atoms with E-state index in [2.05, 4.69) is 31.9 Å². The Hall–Kier alpha value is -0.950. The van der Waals surface area contributed by atoms with Gasteiger partial charge < -0.3 is 4.74 Å². The molecule has 5 nitrogen and oxygen atoms in total. The molecule has 0 unspecified atom stereocenters. The first-order valence-electron chi connectivity index (χ1n) is 4.28. The summed E-state index contributed by atoms with van der Waals surface area (Å²) < 4.78 is 5.37. The van der Waals surface area contributed by atoms with Crippen molar-refractivity contribution in [3.8, 4) is 0 Å². The first-order valence-corrected chi connectivity index (χ1v) is 5.87. The van der Waals surface area contributed by atoms with Gasteiger partial charge in [-0.25, -0.2) is 4.79 Å². The second kappa shape index (κ2) is 5.40. The summed E-state index contributed by atoms with van der Waals surface area (Å²) in [4.78, 5) is 21.7. The number of hydrogen-bond donors (Lipinski definition) is 0. The van der Waals surface area contributed by atoms with Crippen molar-refractivity contribution in [2.24, 2.45) is 0 Å². The summed E-state index contributed by atoms with van der Waals surface area (Å²) in [6, 6.07) is 2.74. The molecule has 0 aliphatic heterocycles. The van der Waals surface area contributed by atoms with E-state index in [4.69, 9.17) is 4.74 Å². The van der Waals surface area contributed by atoms with E-state index in [1.165, 1.54) is 12.1 Å². The van der Waals surface area contributed by atoms with Crippen LogP contribution in [0.2, 0.25) is 0 Å². The molecule has 0 fully saturated rings. The molecule has 7 heteroatoms. The summed E-state index contributed by atoms with van der Waals surface area (Å²) in [7, 11) is 0. The number of carbonyl (C=O) groups is 1. The number of rotatable bonds is 3. The summed E-state index contributed by atoms with van der Waals surface area (Å²) in [5.74, 6) is -0.607. The molecule has 1 rings (SSSR count). The lowest BCUT2D eigenvalue weighted by molar-refractivity contribution is -0.385. The number of carbonyl (C=O) groups excluding carboxylic acids is 1. The van der Waals surface area contributed by atoms with Crippen molar-refractivity contribution < 1.29 is 14.5 Å². The van der Waals surface area contributed by atoms with Gasteiger partial charge in [-0.15, -0.1) is 0 Å². The van der Waals surface area contributed by atoms with Crippen LogP contribution in [0, 0.1) is 10.1 Å². The number of halogens is 2. The smallest absolute Gasteiger partial charge is 0.340 e. The van der Waals surface area contributed by atoms with E-state index in [0.29, 0.717) is 4.47 Å². The van der Waals surface area contributed by atoms with Gasteiger partial charge in [-0.3, -0.25) is 10.1 Å². The fourth-order valence-corrected chi connectivity index (χ4v) is 2.48. The molecule has 0 amide bonds. The number of hydrogen-bond acceptors (Lipinski definition) is 4. The Morgan fingerprint density at radius 3 is 2.62 bits per heavy atom. The van der Waals surface area contributed by atoms with E-state index >= 15 is 0 Å². The van der Waals surface area contributed by atoms with E-state index < -0.39 is 10.9 Å². The molecule has 0 aromatic heterocycles. The van der Waals surface area contributed by atoms with Crippen molar-refractivity contribution in [3.05, 3.63) is 36.8 Å². The molecule has 86 valence electrons. The van der Waals surface area contributed by atoms with Crippen LogP contribution in [-0.4, -0.2) is 17.5 Å². The average Bonchev–Trinajstić information content (AvgIpc) is 2.17. The minimum absolute atomic E-state index is 0.116. The van der Waals surface area contributed by atoms with Crippen LogP contribution in [0.25, 0.3) is 0 Å². The molecular weight excluding hydrogens is 346 g/mol. The fraction of sp³-hybridized carbons (Fsp3) is 0.222. The molecule has 0 radical (unpaired) electrons. The molecule has 0 aliphatic carbocycles. The van der Waals surface area contributed by atoms with Gasteiger partial charge in [-0.05, 0) is 44.8 Å². The summed E-state index contributed by atoms with van der Waals surface area (Å²) in [5, 5.41) is 10.7. The van der Waals surface area contributed by atoms with Crippen LogP contribution < -0.4 is 0 Å². The first kappa shape index (κ1) is 13.1. The molecule has 0 spiro atoms. The zero-order valence-corrected chi connectivity index (χ0v) is 11.4. The minimum Gasteiger partial charge on any atom is -0.462 e. The van der Waals surface area contributed by atoms with E-state index in [1.807, 2.05) is 0 Å². The van der Waals surface area contributed by atoms with Crippen molar-refractivity contribution in [2.75, 3.05) is 6.61 Å². The zero-order chi connectivity index (χ0) is 12.3. The van der Waals surface area contributed by atoms with Gasteiger partial charge >= 0.3 is 5.97 Å². The number of nitro benzene ring substituents is 1. The summed E-state index contributed by atoms with van der Waals surface area (Å²) >= 11 is 6.18. The van der Waals surface area contributed by atoms with Crippen LogP contribution >= 0.6 is 31.9 Å². The monoisotopic (exact) mass is 351 g/mol. The fourth-order valence-electron chi connectivity index (χ4n) is 1.07. The SMILES string of the molecule is CCOC(=O)c1c(Br)ccc([N+](=O)[O-])c1Br. The predicted octanol–water partition coefficient (Wildman–Crippen LogP) is 3.30. The Kier molecular flexibility index (Phi) is 4.43. The highest BCUT2D eigenvalue weighted by Crippen LogP contribution is 2.33.